The van der Waals surface area contributed by atoms with Gasteiger partial charge >= 0.3 is 12.1 Å². The predicted molar refractivity (Wildman–Crippen MR) is 82.2 cm³/mol. The first-order valence-electron chi connectivity index (χ1n) is 6.73. The Labute approximate surface area is 121 Å². The number of carbonyl (C=O) groups is 2. The topological polar surface area (TPSA) is 76.0 Å². The number of aliphatic imine (C=N–C) groups is 1. The highest BCUT2D eigenvalue weighted by atomic mass is 16.6. The zero-order chi connectivity index (χ0) is 15.9. The number of nitrogens with zero attached hydrogens (tertiary/aromatic N) is 1. The Morgan fingerprint density at radius 3 is 2.30 bits per heavy atom. The van der Waals surface area contributed by atoms with Gasteiger partial charge in [0.05, 0.1) is 0 Å². The van der Waals surface area contributed by atoms with Crippen LogP contribution in [0.15, 0.2) is 17.1 Å². The maximum absolute atomic E-state index is 11.7. The second kappa shape index (κ2) is 7.87. The van der Waals surface area contributed by atoms with Crippen molar-refractivity contribution >= 4 is 25.6 Å². The molecule has 0 heterocycles. The summed E-state index contributed by atoms with van der Waals surface area (Å²) in [6.45, 7) is 9.30. The number of allylic oxidation sites excluding steroid dienone is 1. The molecule has 0 saturated heterocycles. The van der Waals surface area contributed by atoms with Gasteiger partial charge in [-0.1, -0.05) is 19.9 Å². The van der Waals surface area contributed by atoms with Gasteiger partial charge in [-0.05, 0) is 39.2 Å². The molecule has 0 bridgehead atoms. The van der Waals surface area contributed by atoms with Gasteiger partial charge in [-0.3, -0.25) is 4.79 Å². The number of hydrogen-bond donors (Lipinski definition) is 1. The van der Waals surface area contributed by atoms with Gasteiger partial charge in [0.25, 0.3) is 0 Å². The normalized spacial score (nSPS) is 14.6. The minimum atomic E-state index is -0.914. The van der Waals surface area contributed by atoms with Crippen LogP contribution in [0.25, 0.3) is 0 Å². The number of rotatable bonds is 5. The average molecular weight is 281 g/mol. The fourth-order valence-corrected chi connectivity index (χ4v) is 1.31. The van der Waals surface area contributed by atoms with Crippen molar-refractivity contribution in [2.75, 3.05) is 0 Å². The van der Waals surface area contributed by atoms with Crippen molar-refractivity contribution in [2.24, 2.45) is 10.9 Å². The molecule has 0 aliphatic heterocycles. The van der Waals surface area contributed by atoms with Crippen molar-refractivity contribution in [3.8, 4) is 0 Å². The van der Waals surface area contributed by atoms with E-state index in [1.54, 1.807) is 34.7 Å². The van der Waals surface area contributed by atoms with Crippen LogP contribution in [-0.4, -0.2) is 36.3 Å². The van der Waals surface area contributed by atoms with Crippen LogP contribution in [0.5, 0.6) is 0 Å². The quantitative estimate of drug-likeness (QED) is 0.620. The number of carboxylic acid groups (broad SMARTS) is 1. The van der Waals surface area contributed by atoms with E-state index in [1.165, 1.54) is 6.08 Å². The molecule has 112 valence electrons. The molecule has 0 aliphatic rings. The van der Waals surface area contributed by atoms with Crippen LogP contribution >= 0.6 is 0 Å². The van der Waals surface area contributed by atoms with Gasteiger partial charge in [0.1, 0.15) is 13.4 Å². The van der Waals surface area contributed by atoms with Crippen molar-refractivity contribution < 1.29 is 19.4 Å². The Morgan fingerprint density at radius 1 is 1.35 bits per heavy atom. The summed E-state index contributed by atoms with van der Waals surface area (Å²) < 4.78 is 5.13. The molecule has 0 aliphatic carbocycles. The monoisotopic (exact) mass is 281 g/mol. The summed E-state index contributed by atoms with van der Waals surface area (Å²) in [6, 6.07) is 0. The molecule has 0 saturated carbocycles. The van der Waals surface area contributed by atoms with Gasteiger partial charge in [-0.15, -0.1) is 0 Å². The fourth-order valence-electron chi connectivity index (χ4n) is 1.31. The first-order valence-corrected chi connectivity index (χ1v) is 6.73. The standard InChI is InChI=1S/C14H24BNO4/c1-9(2)8-10(6-7-11(15)12(17)18)16-13(19)20-14(3,4)5/h6-7,9,11H,8,15H2,1-5H3,(H,17,18)/b7-6+,16-10+/t11-/m0/s1. The van der Waals surface area contributed by atoms with Gasteiger partial charge in [-0.2, -0.15) is 4.99 Å². The van der Waals surface area contributed by atoms with Crippen LogP contribution in [0, 0.1) is 5.92 Å². The van der Waals surface area contributed by atoms with Crippen molar-refractivity contribution in [3.05, 3.63) is 12.2 Å². The first-order chi connectivity index (χ1) is 9.01. The Bertz CT molecular complexity index is 408. The van der Waals surface area contributed by atoms with E-state index in [1.807, 2.05) is 13.8 Å². The zero-order valence-corrected chi connectivity index (χ0v) is 13.1. The van der Waals surface area contributed by atoms with E-state index in [2.05, 4.69) is 4.99 Å². The Hall–Kier alpha value is -1.59. The SMILES string of the molecule is B[C@@H](/C=C/C(CC(C)C)=N\C(=O)OC(C)(C)C)C(=O)O. The molecule has 0 unspecified atom stereocenters. The highest BCUT2D eigenvalue weighted by molar-refractivity contribution is 6.24. The molecule has 0 aromatic heterocycles. The predicted octanol–water partition coefficient (Wildman–Crippen LogP) is 2.47. The van der Waals surface area contributed by atoms with Gasteiger partial charge in [-0.25, -0.2) is 4.79 Å². The Balaban J connectivity index is 4.96. The van der Waals surface area contributed by atoms with E-state index in [4.69, 9.17) is 9.84 Å². The van der Waals surface area contributed by atoms with Crippen LogP contribution in [0.1, 0.15) is 41.0 Å². The Morgan fingerprint density at radius 2 is 1.90 bits per heavy atom. The third-order valence-corrected chi connectivity index (χ3v) is 2.21. The van der Waals surface area contributed by atoms with Crippen molar-refractivity contribution in [1.29, 1.82) is 0 Å². The van der Waals surface area contributed by atoms with Crippen LogP contribution in [0.2, 0.25) is 5.82 Å². The van der Waals surface area contributed by atoms with Crippen molar-refractivity contribution in [3.63, 3.8) is 0 Å². The summed E-state index contributed by atoms with van der Waals surface area (Å²) in [5.74, 6) is -1.23. The average Bonchev–Trinajstić information content (AvgIpc) is 2.21. The zero-order valence-electron chi connectivity index (χ0n) is 13.1. The van der Waals surface area contributed by atoms with Crippen LogP contribution < -0.4 is 0 Å². The third kappa shape index (κ3) is 9.36. The minimum Gasteiger partial charge on any atom is -0.481 e. The molecule has 0 spiro atoms. The molecule has 0 aromatic rings. The molecule has 6 heteroatoms. The summed E-state index contributed by atoms with van der Waals surface area (Å²) in [4.78, 5) is 26.3. The second-order valence-corrected chi connectivity index (χ2v) is 6.17. The number of carboxylic acids is 1. The lowest BCUT2D eigenvalue weighted by molar-refractivity contribution is -0.135. The van der Waals surface area contributed by atoms with Gasteiger partial charge in [0.2, 0.25) is 0 Å². The highest BCUT2D eigenvalue weighted by Crippen LogP contribution is 2.11. The lowest BCUT2D eigenvalue weighted by atomic mass is 9.87. The summed E-state index contributed by atoms with van der Waals surface area (Å²) in [5.41, 5.74) is -0.0657. The molecule has 0 rings (SSSR count). The molecular weight excluding hydrogens is 257 g/mol. The van der Waals surface area contributed by atoms with Crippen LogP contribution in [0.4, 0.5) is 4.79 Å². The maximum atomic E-state index is 11.7. The molecule has 0 fully saturated rings. The molecule has 1 N–H and O–H groups in total. The number of carbonyl (C=O) groups excluding carboxylic acids is 1. The number of hydrogen-bond acceptors (Lipinski definition) is 3. The number of ether oxygens (including phenoxy) is 1. The highest BCUT2D eigenvalue weighted by Gasteiger charge is 2.16. The van der Waals surface area contributed by atoms with E-state index in [0.717, 1.165) is 0 Å². The van der Waals surface area contributed by atoms with E-state index < -0.39 is 23.5 Å². The molecule has 20 heavy (non-hydrogen) atoms. The molecule has 1 atom stereocenters. The summed E-state index contributed by atoms with van der Waals surface area (Å²) in [5, 5.41) is 8.83. The van der Waals surface area contributed by atoms with Gasteiger partial charge < -0.3 is 9.84 Å². The summed E-state index contributed by atoms with van der Waals surface area (Å²) >= 11 is 0. The lowest BCUT2D eigenvalue weighted by Crippen LogP contribution is -2.22. The van der Waals surface area contributed by atoms with Crippen LogP contribution in [0.3, 0.4) is 0 Å². The van der Waals surface area contributed by atoms with Crippen molar-refractivity contribution in [2.45, 2.75) is 52.5 Å². The molecule has 5 nitrogen and oxygen atoms in total. The second-order valence-electron chi connectivity index (χ2n) is 6.17. The van der Waals surface area contributed by atoms with E-state index in [0.29, 0.717) is 18.1 Å². The van der Waals surface area contributed by atoms with Gasteiger partial charge in [0.15, 0.2) is 0 Å². The fraction of sp³-hybridized carbons (Fsp3) is 0.643. The molecule has 0 aromatic carbocycles. The number of amides is 1. The summed E-state index contributed by atoms with van der Waals surface area (Å²) in [6.07, 6.45) is 3.04. The minimum absolute atomic E-state index is 0.306. The number of aliphatic carboxylic acids is 1. The largest absolute Gasteiger partial charge is 0.481 e. The first kappa shape index (κ1) is 18.4. The summed E-state index contributed by atoms with van der Waals surface area (Å²) in [7, 11) is 1.57. The van der Waals surface area contributed by atoms with Gasteiger partial charge in [0, 0.05) is 11.5 Å². The molecule has 0 radical (unpaired) electrons. The van der Waals surface area contributed by atoms with E-state index in [-0.39, 0.29) is 0 Å². The lowest BCUT2D eigenvalue weighted by Gasteiger charge is -2.17. The maximum Gasteiger partial charge on any atom is 0.434 e. The van der Waals surface area contributed by atoms with E-state index in [9.17, 15) is 9.59 Å². The smallest absolute Gasteiger partial charge is 0.434 e. The third-order valence-electron chi connectivity index (χ3n) is 2.21. The van der Waals surface area contributed by atoms with Crippen molar-refractivity contribution in [1.82, 2.24) is 0 Å². The van der Waals surface area contributed by atoms with E-state index >= 15 is 0 Å². The van der Waals surface area contributed by atoms with Crippen LogP contribution in [-0.2, 0) is 9.53 Å². The Kier molecular flexibility index (Phi) is 7.25. The molecular formula is C14H24BNO4. The molecule has 1 amide bonds.